The van der Waals surface area contributed by atoms with Crippen LogP contribution in [0.2, 0.25) is 0 Å². The Morgan fingerprint density at radius 1 is 0.457 bits per heavy atom. The molecule has 35 heavy (non-hydrogen) atoms. The predicted molar refractivity (Wildman–Crippen MR) is 156 cm³/mol. The summed E-state index contributed by atoms with van der Waals surface area (Å²) in [6.07, 6.45) is 27.5. The molecule has 0 aromatic heterocycles. The Balaban J connectivity index is 3.27. The number of rotatable bonds is 28. The molecule has 0 rings (SSSR count). The molecule has 0 radical (unpaired) electrons. The van der Waals surface area contributed by atoms with Gasteiger partial charge in [-0.1, -0.05) is 129 Å². The lowest BCUT2D eigenvalue weighted by atomic mass is 10.1. The van der Waals surface area contributed by atoms with Gasteiger partial charge in [-0.25, -0.2) is 0 Å². The van der Waals surface area contributed by atoms with E-state index in [-0.39, 0.29) is 11.8 Å². The van der Waals surface area contributed by atoms with Crippen LogP contribution in [-0.4, -0.2) is 36.4 Å². The summed E-state index contributed by atoms with van der Waals surface area (Å²) in [5.74, 6) is 1.91. The Bertz CT molecular complexity index is 420. The van der Waals surface area contributed by atoms with Gasteiger partial charge in [0.15, 0.2) is 0 Å². The Morgan fingerprint density at radius 3 is 1.06 bits per heavy atom. The van der Waals surface area contributed by atoms with Crippen molar-refractivity contribution in [2.75, 3.05) is 24.6 Å². The zero-order chi connectivity index (χ0) is 25.7. The highest BCUT2D eigenvalue weighted by Gasteiger charge is 2.03. The maximum Gasteiger partial charge on any atom is 0.220 e. The van der Waals surface area contributed by atoms with Crippen molar-refractivity contribution in [2.45, 2.75) is 155 Å². The molecule has 0 aromatic rings. The van der Waals surface area contributed by atoms with Crippen LogP contribution in [0.3, 0.4) is 0 Å². The largest absolute Gasteiger partial charge is 0.356 e. The third kappa shape index (κ3) is 29.4. The Hall–Kier alpha value is -0.710. The third-order valence-corrected chi connectivity index (χ3v) is 7.64. The zero-order valence-corrected chi connectivity index (χ0v) is 24.4. The maximum absolute atomic E-state index is 11.9. The minimum atomic E-state index is 0.152. The minimum absolute atomic E-state index is 0.152. The first kappa shape index (κ1) is 34.3. The summed E-state index contributed by atoms with van der Waals surface area (Å²) < 4.78 is 0. The number of hydrogen-bond donors (Lipinski definition) is 2. The number of unbranched alkanes of at least 4 members (excludes halogenated alkanes) is 18. The van der Waals surface area contributed by atoms with Crippen LogP contribution in [0.4, 0.5) is 0 Å². The van der Waals surface area contributed by atoms with Crippen LogP contribution in [-0.2, 0) is 9.59 Å². The third-order valence-electron chi connectivity index (χ3n) is 6.65. The van der Waals surface area contributed by atoms with Crippen molar-refractivity contribution in [2.24, 2.45) is 0 Å². The molecular weight excluding hydrogens is 452 g/mol. The van der Waals surface area contributed by atoms with E-state index in [0.717, 1.165) is 37.4 Å². The average Bonchev–Trinajstić information content (AvgIpc) is 2.85. The summed E-state index contributed by atoms with van der Waals surface area (Å²) in [5.41, 5.74) is 0. The SMILES string of the molecule is CCCCCCCCCCCCNC(=O)CCSCCC(=O)NCCCCCCCCCCCC. The van der Waals surface area contributed by atoms with E-state index < -0.39 is 0 Å². The fourth-order valence-corrected chi connectivity index (χ4v) is 5.15. The lowest BCUT2D eigenvalue weighted by Crippen LogP contribution is -2.25. The average molecular weight is 513 g/mol. The summed E-state index contributed by atoms with van der Waals surface area (Å²) >= 11 is 1.71. The molecule has 0 heterocycles. The molecule has 0 spiro atoms. The van der Waals surface area contributed by atoms with Gasteiger partial charge in [0.05, 0.1) is 0 Å². The Kier molecular flexibility index (Phi) is 28.9. The first-order chi connectivity index (χ1) is 17.2. The molecule has 0 aliphatic carbocycles. The number of carbonyl (C=O) groups excluding carboxylic acids is 2. The number of hydrogen-bond acceptors (Lipinski definition) is 3. The molecule has 0 aliphatic rings. The van der Waals surface area contributed by atoms with Gasteiger partial charge in [0.2, 0.25) is 11.8 Å². The van der Waals surface area contributed by atoms with Crippen molar-refractivity contribution in [3.8, 4) is 0 Å². The van der Waals surface area contributed by atoms with Gasteiger partial charge in [0.1, 0.15) is 0 Å². The number of thioether (sulfide) groups is 1. The van der Waals surface area contributed by atoms with Crippen molar-refractivity contribution in [3.63, 3.8) is 0 Å². The summed E-state index contributed by atoms with van der Waals surface area (Å²) in [4.78, 5) is 23.8. The van der Waals surface area contributed by atoms with Crippen molar-refractivity contribution >= 4 is 23.6 Å². The van der Waals surface area contributed by atoms with E-state index in [1.165, 1.54) is 116 Å². The van der Waals surface area contributed by atoms with Gasteiger partial charge >= 0.3 is 0 Å². The monoisotopic (exact) mass is 512 g/mol. The maximum atomic E-state index is 11.9. The topological polar surface area (TPSA) is 58.2 Å². The van der Waals surface area contributed by atoms with E-state index >= 15 is 0 Å². The summed E-state index contributed by atoms with van der Waals surface area (Å²) in [6.45, 7) is 6.14. The quantitative estimate of drug-likeness (QED) is 0.103. The molecule has 0 atom stereocenters. The van der Waals surface area contributed by atoms with Gasteiger partial charge in [-0.05, 0) is 12.8 Å². The van der Waals surface area contributed by atoms with E-state index in [9.17, 15) is 9.59 Å². The number of nitrogens with one attached hydrogen (secondary N) is 2. The van der Waals surface area contributed by atoms with Gasteiger partial charge in [0.25, 0.3) is 0 Å². The smallest absolute Gasteiger partial charge is 0.220 e. The highest BCUT2D eigenvalue weighted by molar-refractivity contribution is 7.99. The molecule has 0 bridgehead atoms. The molecule has 5 heteroatoms. The van der Waals surface area contributed by atoms with Crippen LogP contribution in [0.15, 0.2) is 0 Å². The zero-order valence-electron chi connectivity index (χ0n) is 23.6. The molecule has 2 amide bonds. The standard InChI is InChI=1S/C30H60N2O2S/c1-3-5-7-9-11-13-15-17-19-21-25-31-29(33)23-27-35-28-24-30(34)32-26-22-20-18-16-14-12-10-8-6-4-2/h3-28H2,1-2H3,(H,31,33)(H,32,34). The van der Waals surface area contributed by atoms with Crippen LogP contribution in [0.1, 0.15) is 155 Å². The van der Waals surface area contributed by atoms with Gasteiger partial charge < -0.3 is 10.6 Å². The number of carbonyl (C=O) groups is 2. The lowest BCUT2D eigenvalue weighted by molar-refractivity contribution is -0.121. The first-order valence-electron chi connectivity index (χ1n) is 15.3. The van der Waals surface area contributed by atoms with E-state index in [0.29, 0.717) is 12.8 Å². The van der Waals surface area contributed by atoms with Gasteiger partial charge in [-0.15, -0.1) is 0 Å². The van der Waals surface area contributed by atoms with Crippen molar-refractivity contribution in [1.82, 2.24) is 10.6 Å². The van der Waals surface area contributed by atoms with E-state index in [4.69, 9.17) is 0 Å². The summed E-state index contributed by atoms with van der Waals surface area (Å²) in [5, 5.41) is 6.08. The second kappa shape index (κ2) is 29.5. The van der Waals surface area contributed by atoms with E-state index in [1.807, 2.05) is 0 Å². The van der Waals surface area contributed by atoms with Crippen LogP contribution in [0, 0.1) is 0 Å². The molecule has 0 fully saturated rings. The molecule has 208 valence electrons. The first-order valence-corrected chi connectivity index (χ1v) is 16.5. The normalized spacial score (nSPS) is 11.0. The van der Waals surface area contributed by atoms with Crippen LogP contribution < -0.4 is 10.6 Å². The van der Waals surface area contributed by atoms with Gasteiger partial charge in [-0.2, -0.15) is 11.8 Å². The molecule has 0 unspecified atom stereocenters. The molecule has 0 aromatic carbocycles. The van der Waals surface area contributed by atoms with Gasteiger partial charge in [-0.3, -0.25) is 9.59 Å². The van der Waals surface area contributed by atoms with Gasteiger partial charge in [0, 0.05) is 37.4 Å². The van der Waals surface area contributed by atoms with Crippen LogP contribution in [0.5, 0.6) is 0 Å². The highest BCUT2D eigenvalue weighted by Crippen LogP contribution is 2.11. The predicted octanol–water partition coefficient (Wildman–Crippen LogP) is 8.57. The van der Waals surface area contributed by atoms with E-state index in [1.54, 1.807) is 11.8 Å². The molecular formula is C30H60N2O2S. The summed E-state index contributed by atoms with van der Waals surface area (Å²) in [7, 11) is 0. The van der Waals surface area contributed by atoms with Crippen LogP contribution >= 0.6 is 11.8 Å². The molecule has 0 saturated carbocycles. The van der Waals surface area contributed by atoms with E-state index in [2.05, 4.69) is 24.5 Å². The van der Waals surface area contributed by atoms with Crippen molar-refractivity contribution in [3.05, 3.63) is 0 Å². The molecule has 0 saturated heterocycles. The highest BCUT2D eigenvalue weighted by atomic mass is 32.2. The van der Waals surface area contributed by atoms with Crippen molar-refractivity contribution < 1.29 is 9.59 Å². The van der Waals surface area contributed by atoms with Crippen LogP contribution in [0.25, 0.3) is 0 Å². The lowest BCUT2D eigenvalue weighted by Gasteiger charge is -2.07. The summed E-state index contributed by atoms with van der Waals surface area (Å²) in [6, 6.07) is 0. The second-order valence-corrected chi connectivity index (χ2v) is 11.4. The molecule has 4 nitrogen and oxygen atoms in total. The fraction of sp³-hybridized carbons (Fsp3) is 0.933. The molecule has 2 N–H and O–H groups in total. The molecule has 0 aliphatic heterocycles. The number of amides is 2. The Labute approximate surface area is 223 Å². The van der Waals surface area contributed by atoms with Crippen molar-refractivity contribution in [1.29, 1.82) is 0 Å². The minimum Gasteiger partial charge on any atom is -0.356 e. The second-order valence-electron chi connectivity index (χ2n) is 10.2. The fourth-order valence-electron chi connectivity index (χ4n) is 4.29. The Morgan fingerprint density at radius 2 is 0.743 bits per heavy atom.